The fourth-order valence-corrected chi connectivity index (χ4v) is 0.937. The third-order valence-electron chi connectivity index (χ3n) is 1.54. The number of hydrogen-bond donors (Lipinski definition) is 0. The van der Waals surface area contributed by atoms with Gasteiger partial charge in [-0.15, -0.1) is 13.2 Å². The molecule has 0 fully saturated rings. The van der Waals surface area contributed by atoms with Gasteiger partial charge in [-0.1, -0.05) is 0 Å². The summed E-state index contributed by atoms with van der Waals surface area (Å²) < 4.78 is 63.7. The van der Waals surface area contributed by atoms with E-state index in [-0.39, 0.29) is 12.4 Å². The molecule has 3 nitrogen and oxygen atoms in total. The van der Waals surface area contributed by atoms with Crippen molar-refractivity contribution in [2.24, 2.45) is 0 Å². The Hall–Kier alpha value is -1.73. The normalized spacial score (nSPS) is 11.3. The molecule has 0 aliphatic carbocycles. The number of carbonyl (C=O) groups is 1. The van der Waals surface area contributed by atoms with Gasteiger partial charge in [0.05, 0.1) is 0 Å². The van der Waals surface area contributed by atoms with Gasteiger partial charge in [0, 0.05) is 11.6 Å². The molecular formula is C8H4F5NO2. The van der Waals surface area contributed by atoms with Crippen LogP contribution >= 0.6 is 0 Å². The van der Waals surface area contributed by atoms with Crippen molar-refractivity contribution in [2.45, 2.75) is 13.0 Å². The van der Waals surface area contributed by atoms with Gasteiger partial charge in [-0.3, -0.25) is 4.79 Å². The SMILES string of the molecule is O=Cc1nc(OC(F)(F)F)cc(F)c1CF. The monoisotopic (exact) mass is 241 g/mol. The van der Waals surface area contributed by atoms with Crippen molar-refractivity contribution >= 4 is 6.29 Å². The van der Waals surface area contributed by atoms with Crippen LogP contribution in [0.4, 0.5) is 22.0 Å². The number of ether oxygens (including phenoxy) is 1. The van der Waals surface area contributed by atoms with Gasteiger partial charge in [-0.2, -0.15) is 0 Å². The molecule has 0 aliphatic heterocycles. The number of aldehydes is 1. The average molecular weight is 241 g/mol. The van der Waals surface area contributed by atoms with Gasteiger partial charge in [0.1, 0.15) is 18.2 Å². The zero-order valence-electron chi connectivity index (χ0n) is 7.52. The third kappa shape index (κ3) is 2.88. The van der Waals surface area contributed by atoms with Gasteiger partial charge in [-0.25, -0.2) is 13.8 Å². The van der Waals surface area contributed by atoms with E-state index in [2.05, 4.69) is 9.72 Å². The second-order valence-corrected chi connectivity index (χ2v) is 2.61. The Morgan fingerprint density at radius 3 is 2.50 bits per heavy atom. The summed E-state index contributed by atoms with van der Waals surface area (Å²) in [6, 6.07) is 0.259. The molecule has 0 unspecified atom stereocenters. The molecule has 1 rings (SSSR count). The molecule has 0 radical (unpaired) electrons. The first-order chi connectivity index (χ1) is 7.37. The van der Waals surface area contributed by atoms with Crippen LogP contribution in [0.25, 0.3) is 0 Å². The van der Waals surface area contributed by atoms with Crippen LogP contribution in [0.5, 0.6) is 5.88 Å². The highest BCUT2D eigenvalue weighted by atomic mass is 19.4. The van der Waals surface area contributed by atoms with Crippen molar-refractivity contribution in [2.75, 3.05) is 0 Å². The van der Waals surface area contributed by atoms with Gasteiger partial charge < -0.3 is 4.74 Å². The van der Waals surface area contributed by atoms with Crippen molar-refractivity contribution in [1.29, 1.82) is 0 Å². The predicted molar refractivity (Wildman–Crippen MR) is 41.1 cm³/mol. The molecule has 88 valence electrons. The van der Waals surface area contributed by atoms with E-state index in [1.807, 2.05) is 0 Å². The second kappa shape index (κ2) is 4.42. The van der Waals surface area contributed by atoms with Crippen molar-refractivity contribution < 1.29 is 31.5 Å². The van der Waals surface area contributed by atoms with E-state index in [1.165, 1.54) is 0 Å². The van der Waals surface area contributed by atoms with Crippen molar-refractivity contribution in [3.8, 4) is 5.88 Å². The largest absolute Gasteiger partial charge is 0.574 e. The van der Waals surface area contributed by atoms with Crippen LogP contribution in [0.3, 0.4) is 0 Å². The summed E-state index contributed by atoms with van der Waals surface area (Å²) in [6.45, 7) is -1.35. The minimum absolute atomic E-state index is 0.0543. The fourth-order valence-electron chi connectivity index (χ4n) is 0.937. The van der Waals surface area contributed by atoms with Crippen LogP contribution in [0.2, 0.25) is 0 Å². The summed E-state index contributed by atoms with van der Waals surface area (Å²) in [5.74, 6) is -2.47. The maximum atomic E-state index is 13.0. The van der Waals surface area contributed by atoms with Crippen molar-refractivity contribution in [3.63, 3.8) is 0 Å². The van der Waals surface area contributed by atoms with E-state index in [4.69, 9.17) is 0 Å². The zero-order valence-corrected chi connectivity index (χ0v) is 7.52. The first-order valence-corrected chi connectivity index (χ1v) is 3.83. The van der Waals surface area contributed by atoms with E-state index in [0.29, 0.717) is 0 Å². The molecule has 0 saturated carbocycles. The lowest BCUT2D eigenvalue weighted by Gasteiger charge is -2.09. The molecule has 0 atom stereocenters. The quantitative estimate of drug-likeness (QED) is 0.602. The van der Waals surface area contributed by atoms with E-state index >= 15 is 0 Å². The molecular weight excluding hydrogens is 237 g/mol. The van der Waals surface area contributed by atoms with Crippen LogP contribution in [-0.2, 0) is 6.67 Å². The lowest BCUT2D eigenvalue weighted by molar-refractivity contribution is -0.276. The number of carbonyl (C=O) groups excluding carboxylic acids is 1. The van der Waals surface area contributed by atoms with Crippen LogP contribution in [0, 0.1) is 5.82 Å². The highest BCUT2D eigenvalue weighted by molar-refractivity contribution is 5.74. The summed E-state index contributed by atoms with van der Waals surface area (Å²) in [6.07, 6.45) is -5.11. The molecule has 0 bridgehead atoms. The number of aromatic nitrogens is 1. The van der Waals surface area contributed by atoms with Gasteiger partial charge >= 0.3 is 6.36 Å². The molecule has 0 saturated heterocycles. The lowest BCUT2D eigenvalue weighted by atomic mass is 10.2. The Bertz CT molecular complexity index is 404. The predicted octanol–water partition coefficient (Wildman–Crippen LogP) is 2.40. The topological polar surface area (TPSA) is 39.2 Å². The Morgan fingerprint density at radius 2 is 2.06 bits per heavy atom. The average Bonchev–Trinajstić information content (AvgIpc) is 2.14. The van der Waals surface area contributed by atoms with E-state index in [9.17, 15) is 26.7 Å². The van der Waals surface area contributed by atoms with Crippen LogP contribution in [0.1, 0.15) is 16.1 Å². The number of alkyl halides is 4. The zero-order chi connectivity index (χ0) is 12.3. The molecule has 1 heterocycles. The standard InChI is InChI=1S/C8H4F5NO2/c9-2-4-5(10)1-7(14-6(4)3-15)16-8(11,12)13/h1,3H,2H2. The molecule has 8 heteroatoms. The Morgan fingerprint density at radius 1 is 1.44 bits per heavy atom. The summed E-state index contributed by atoms with van der Waals surface area (Å²) in [5, 5.41) is 0. The molecule has 1 aromatic rings. The molecule has 0 aromatic carbocycles. The van der Waals surface area contributed by atoms with Gasteiger partial charge in [0.15, 0.2) is 6.29 Å². The molecule has 0 amide bonds. The smallest absolute Gasteiger partial charge is 0.388 e. The molecule has 1 aromatic heterocycles. The maximum Gasteiger partial charge on any atom is 0.574 e. The number of nitrogens with zero attached hydrogens (tertiary/aromatic N) is 1. The Labute approximate surface area is 85.8 Å². The summed E-state index contributed by atoms with van der Waals surface area (Å²) in [5.41, 5.74) is -1.47. The summed E-state index contributed by atoms with van der Waals surface area (Å²) >= 11 is 0. The van der Waals surface area contributed by atoms with Crippen LogP contribution in [-0.4, -0.2) is 17.6 Å². The Kier molecular flexibility index (Phi) is 3.41. The lowest BCUT2D eigenvalue weighted by Crippen LogP contribution is -2.18. The van der Waals surface area contributed by atoms with Crippen molar-refractivity contribution in [3.05, 3.63) is 23.1 Å². The maximum absolute atomic E-state index is 13.0. The highest BCUT2D eigenvalue weighted by Crippen LogP contribution is 2.24. The second-order valence-electron chi connectivity index (χ2n) is 2.61. The third-order valence-corrected chi connectivity index (χ3v) is 1.54. The van der Waals surface area contributed by atoms with Gasteiger partial charge in [0.25, 0.3) is 0 Å². The minimum Gasteiger partial charge on any atom is -0.388 e. The first-order valence-electron chi connectivity index (χ1n) is 3.83. The molecule has 0 N–H and O–H groups in total. The first kappa shape index (κ1) is 12.3. The minimum atomic E-state index is -5.06. The van der Waals surface area contributed by atoms with E-state index in [0.717, 1.165) is 0 Å². The van der Waals surface area contributed by atoms with Gasteiger partial charge in [-0.05, 0) is 0 Å². The van der Waals surface area contributed by atoms with Crippen LogP contribution < -0.4 is 4.74 Å². The summed E-state index contributed by atoms with van der Waals surface area (Å²) in [4.78, 5) is 13.3. The number of hydrogen-bond acceptors (Lipinski definition) is 3. The van der Waals surface area contributed by atoms with Gasteiger partial charge in [0.2, 0.25) is 5.88 Å². The molecule has 0 spiro atoms. The Balaban J connectivity index is 3.15. The molecule has 0 aliphatic rings. The van der Waals surface area contributed by atoms with Crippen molar-refractivity contribution in [1.82, 2.24) is 4.98 Å². The number of halogens is 5. The number of rotatable bonds is 3. The van der Waals surface area contributed by atoms with E-state index < -0.39 is 36.0 Å². The highest BCUT2D eigenvalue weighted by Gasteiger charge is 2.32. The summed E-state index contributed by atoms with van der Waals surface area (Å²) in [7, 11) is 0. The number of pyridine rings is 1. The molecule has 16 heavy (non-hydrogen) atoms. The van der Waals surface area contributed by atoms with E-state index in [1.54, 1.807) is 0 Å². The van der Waals surface area contributed by atoms with Crippen LogP contribution in [0.15, 0.2) is 6.07 Å². The fraction of sp³-hybridized carbons (Fsp3) is 0.250.